The maximum atomic E-state index is 13.4. The molecule has 0 saturated carbocycles. The summed E-state index contributed by atoms with van der Waals surface area (Å²) in [5.41, 5.74) is -0.316. The molecule has 3 aromatic rings. The van der Waals surface area contributed by atoms with Crippen LogP contribution in [0.3, 0.4) is 0 Å². The van der Waals surface area contributed by atoms with Gasteiger partial charge < -0.3 is 10.2 Å². The Bertz CT molecular complexity index is 1030. The lowest BCUT2D eigenvalue weighted by Crippen LogP contribution is -2.17. The van der Waals surface area contributed by atoms with Crippen LogP contribution in [-0.4, -0.2) is 21.9 Å². The number of anilines is 4. The van der Waals surface area contributed by atoms with Crippen molar-refractivity contribution in [3.8, 4) is 0 Å². The summed E-state index contributed by atoms with van der Waals surface area (Å²) in [6, 6.07) is 11.6. The smallest absolute Gasteiger partial charge is 0.340 e. The van der Waals surface area contributed by atoms with Crippen molar-refractivity contribution in [2.75, 3.05) is 17.3 Å². The average molecular weight is 424 g/mol. The van der Waals surface area contributed by atoms with Gasteiger partial charge in [0, 0.05) is 41.8 Å². The number of rotatable bonds is 5. The topological polar surface area (TPSA) is 84.2 Å². The first-order valence-corrected chi connectivity index (χ1v) is 8.48. The molecule has 1 aromatic heterocycles. The minimum Gasteiger partial charge on any atom is -0.340 e. The number of nitro benzene ring substituents is 1. The van der Waals surface area contributed by atoms with E-state index in [9.17, 15) is 23.3 Å². The number of aromatic nitrogens is 2. The van der Waals surface area contributed by atoms with Gasteiger partial charge in [0.15, 0.2) is 0 Å². The average Bonchev–Trinajstić information content (AvgIpc) is 2.68. The van der Waals surface area contributed by atoms with E-state index >= 15 is 0 Å². The highest BCUT2D eigenvalue weighted by atomic mass is 35.5. The molecule has 0 aliphatic carbocycles. The second-order valence-electron chi connectivity index (χ2n) is 5.89. The molecule has 150 valence electrons. The van der Waals surface area contributed by atoms with Gasteiger partial charge in [0.25, 0.3) is 5.69 Å². The highest BCUT2D eigenvalue weighted by Crippen LogP contribution is 2.36. The first-order valence-electron chi connectivity index (χ1n) is 8.10. The van der Waals surface area contributed by atoms with Crippen LogP contribution in [-0.2, 0) is 6.18 Å². The molecule has 0 bridgehead atoms. The molecular weight excluding hydrogens is 411 g/mol. The van der Waals surface area contributed by atoms with E-state index in [-0.39, 0.29) is 11.6 Å². The fraction of sp³-hybridized carbons (Fsp3) is 0.111. The van der Waals surface area contributed by atoms with Gasteiger partial charge in [-0.25, -0.2) is 4.98 Å². The Morgan fingerprint density at radius 2 is 1.72 bits per heavy atom. The monoisotopic (exact) mass is 423 g/mol. The summed E-state index contributed by atoms with van der Waals surface area (Å²) < 4.78 is 40.1. The Balaban J connectivity index is 1.97. The standard InChI is InChI=1S/C18H13ClF3N5O2/c1-26(13-6-8-14(9-7-13)27(28)29)17-23-10-15(18(20,21)22)16(25-17)24-12-4-2-11(19)3-5-12/h2-10H,1H3,(H,23,24,25). The van der Waals surface area contributed by atoms with Crippen LogP contribution in [0.5, 0.6) is 0 Å². The molecule has 0 atom stereocenters. The van der Waals surface area contributed by atoms with Crippen molar-refractivity contribution >= 4 is 40.4 Å². The van der Waals surface area contributed by atoms with E-state index in [4.69, 9.17) is 11.6 Å². The molecule has 0 amide bonds. The molecule has 1 N–H and O–H groups in total. The maximum absolute atomic E-state index is 13.4. The summed E-state index contributed by atoms with van der Waals surface area (Å²) in [6.07, 6.45) is -3.98. The van der Waals surface area contributed by atoms with Gasteiger partial charge in [-0.15, -0.1) is 0 Å². The van der Waals surface area contributed by atoms with Crippen LogP contribution in [0, 0.1) is 10.1 Å². The number of nitrogens with zero attached hydrogens (tertiary/aromatic N) is 4. The predicted octanol–water partition coefficient (Wildman–Crippen LogP) is 5.57. The Morgan fingerprint density at radius 1 is 1.10 bits per heavy atom. The lowest BCUT2D eigenvalue weighted by atomic mass is 10.2. The molecule has 0 aliphatic heterocycles. The Hall–Kier alpha value is -3.40. The van der Waals surface area contributed by atoms with Crippen LogP contribution in [0.25, 0.3) is 0 Å². The normalized spacial score (nSPS) is 11.2. The van der Waals surface area contributed by atoms with Crippen molar-refractivity contribution in [2.45, 2.75) is 6.18 Å². The zero-order valence-electron chi connectivity index (χ0n) is 14.8. The summed E-state index contributed by atoms with van der Waals surface area (Å²) in [7, 11) is 1.54. The van der Waals surface area contributed by atoms with E-state index in [0.717, 1.165) is 0 Å². The summed E-state index contributed by atoms with van der Waals surface area (Å²) in [6.45, 7) is 0. The van der Waals surface area contributed by atoms with Crippen molar-refractivity contribution < 1.29 is 18.1 Å². The van der Waals surface area contributed by atoms with E-state index in [1.54, 1.807) is 0 Å². The Labute approximate surface area is 167 Å². The second-order valence-corrected chi connectivity index (χ2v) is 6.33. The van der Waals surface area contributed by atoms with Crippen molar-refractivity contribution in [2.24, 2.45) is 0 Å². The van der Waals surface area contributed by atoms with E-state index < -0.39 is 22.5 Å². The van der Waals surface area contributed by atoms with Crippen LogP contribution < -0.4 is 10.2 Å². The molecule has 2 aromatic carbocycles. The summed E-state index contributed by atoms with van der Waals surface area (Å²) in [4.78, 5) is 19.4. The van der Waals surface area contributed by atoms with Crippen molar-refractivity contribution in [3.05, 3.63) is 75.4 Å². The highest BCUT2D eigenvalue weighted by Gasteiger charge is 2.35. The Morgan fingerprint density at radius 3 is 2.28 bits per heavy atom. The zero-order chi connectivity index (χ0) is 21.2. The maximum Gasteiger partial charge on any atom is 0.421 e. The van der Waals surface area contributed by atoms with Gasteiger partial charge in [-0.3, -0.25) is 10.1 Å². The molecule has 0 spiro atoms. The molecule has 0 radical (unpaired) electrons. The number of non-ortho nitro benzene ring substituents is 1. The van der Waals surface area contributed by atoms with Gasteiger partial charge in [-0.05, 0) is 36.4 Å². The van der Waals surface area contributed by atoms with Gasteiger partial charge in [0.1, 0.15) is 11.4 Å². The van der Waals surface area contributed by atoms with Gasteiger partial charge in [-0.2, -0.15) is 18.2 Å². The van der Waals surface area contributed by atoms with Crippen molar-refractivity contribution in [1.82, 2.24) is 9.97 Å². The van der Waals surface area contributed by atoms with E-state index in [1.165, 1.54) is 60.5 Å². The van der Waals surface area contributed by atoms with Crippen LogP contribution >= 0.6 is 11.6 Å². The molecule has 29 heavy (non-hydrogen) atoms. The van der Waals surface area contributed by atoms with Gasteiger partial charge >= 0.3 is 6.18 Å². The van der Waals surface area contributed by atoms with Crippen molar-refractivity contribution in [3.63, 3.8) is 0 Å². The van der Waals surface area contributed by atoms with E-state index in [0.29, 0.717) is 22.6 Å². The number of alkyl halides is 3. The van der Waals surface area contributed by atoms with Gasteiger partial charge in [-0.1, -0.05) is 11.6 Å². The predicted molar refractivity (Wildman–Crippen MR) is 103 cm³/mol. The van der Waals surface area contributed by atoms with Crippen LogP contribution in [0.2, 0.25) is 5.02 Å². The van der Waals surface area contributed by atoms with E-state index in [1.807, 2.05) is 0 Å². The SMILES string of the molecule is CN(c1ccc([N+](=O)[O-])cc1)c1ncc(C(F)(F)F)c(Nc2ccc(Cl)cc2)n1. The Kier molecular flexibility index (Phi) is 5.55. The quantitative estimate of drug-likeness (QED) is 0.426. The number of nitro groups is 1. The van der Waals surface area contributed by atoms with Gasteiger partial charge in [0.05, 0.1) is 4.92 Å². The van der Waals surface area contributed by atoms with Crippen molar-refractivity contribution in [1.29, 1.82) is 0 Å². The van der Waals surface area contributed by atoms with E-state index in [2.05, 4.69) is 15.3 Å². The minimum atomic E-state index is -4.67. The third kappa shape index (κ3) is 4.72. The molecule has 0 unspecified atom stereocenters. The molecule has 0 aliphatic rings. The fourth-order valence-electron chi connectivity index (χ4n) is 2.42. The summed E-state index contributed by atoms with van der Waals surface area (Å²) >= 11 is 5.80. The molecule has 3 rings (SSSR count). The van der Waals surface area contributed by atoms with Gasteiger partial charge in [0.2, 0.25) is 5.95 Å². The molecule has 1 heterocycles. The molecular formula is C18H13ClF3N5O2. The van der Waals surface area contributed by atoms with Crippen LogP contribution in [0.1, 0.15) is 5.56 Å². The lowest BCUT2D eigenvalue weighted by Gasteiger charge is -2.20. The number of benzene rings is 2. The molecule has 11 heteroatoms. The molecule has 0 saturated heterocycles. The molecule has 0 fully saturated rings. The third-order valence-electron chi connectivity index (χ3n) is 3.94. The first-order chi connectivity index (χ1) is 13.6. The highest BCUT2D eigenvalue weighted by molar-refractivity contribution is 6.30. The largest absolute Gasteiger partial charge is 0.421 e. The minimum absolute atomic E-state index is 0.0247. The summed E-state index contributed by atoms with van der Waals surface area (Å²) in [5, 5.41) is 13.8. The van der Waals surface area contributed by atoms with Crippen LogP contribution in [0.15, 0.2) is 54.7 Å². The fourth-order valence-corrected chi connectivity index (χ4v) is 2.55. The number of hydrogen-bond acceptors (Lipinski definition) is 6. The number of halogens is 4. The lowest BCUT2D eigenvalue weighted by molar-refractivity contribution is -0.384. The second kappa shape index (κ2) is 7.92. The number of nitrogens with one attached hydrogen (secondary N) is 1. The summed E-state index contributed by atoms with van der Waals surface area (Å²) in [5.74, 6) is -0.457. The molecule has 7 nitrogen and oxygen atoms in total. The zero-order valence-corrected chi connectivity index (χ0v) is 15.6. The number of hydrogen-bond donors (Lipinski definition) is 1. The first kappa shape index (κ1) is 20.3. The third-order valence-corrected chi connectivity index (χ3v) is 4.19. The van der Waals surface area contributed by atoms with Crippen LogP contribution in [0.4, 0.5) is 42.0 Å².